The van der Waals surface area contributed by atoms with Gasteiger partial charge in [-0.1, -0.05) is 45.4 Å². The third kappa shape index (κ3) is 9.76. The number of benzene rings is 3. The normalized spacial score (nSPS) is 17.9. The Bertz CT molecular complexity index is 2520. The van der Waals surface area contributed by atoms with Crippen molar-refractivity contribution in [2.24, 2.45) is 11.8 Å². The Kier molecular flexibility index (Phi) is 14.6. The maximum absolute atomic E-state index is 14.3. The van der Waals surface area contributed by atoms with Gasteiger partial charge in [-0.2, -0.15) is 0 Å². The SMILES string of the molecule is CC[C@H](COC)CN(Cc1nc2ccc3cc4c(cc3c2[nH]1)OCc1cc(-c2cnc([C@@H]3CC[C@H](C)N3C(=O)[C@@H](NC(=O)OC)[C@@H](C)OC)[nH]2)ccc1-4)C(=O)[C@@H](NC(=O)OC)[C@@H](C)CC. The molecule has 0 radical (unpaired) electrons. The van der Waals surface area contributed by atoms with Gasteiger partial charge in [0.15, 0.2) is 0 Å². The fourth-order valence-electron chi connectivity index (χ4n) is 9.05. The van der Waals surface area contributed by atoms with Gasteiger partial charge in [0.05, 0.1) is 62.4 Å². The fraction of sp³-hybridized carbons (Fsp3) is 0.500. The van der Waals surface area contributed by atoms with Crippen LogP contribution in [-0.4, -0.2) is 120 Å². The molecule has 17 nitrogen and oxygen atoms in total. The second-order valence-corrected chi connectivity index (χ2v) is 17.2. The van der Waals surface area contributed by atoms with Gasteiger partial charge in [0.2, 0.25) is 11.8 Å². The number of nitrogens with one attached hydrogen (secondary N) is 4. The standard InChI is InChI=1S/C48H62N8O9/c1-10-26(3)41(53-47(59)63-8)45(57)55(22-29(11-2)24-61-6)23-40-50-36-16-14-30-19-35-33-15-13-31(18-32(33)25-65-39(35)20-34(30)43(36)52-40)37-21-49-44(51-37)38-17-12-27(4)56(38)46(58)42(28(5)62-7)54-48(60)64-9/h13-16,18-21,26-29,38,41-42H,10-12,17,22-25H2,1-9H3,(H,49,51)(H,50,52)(H,53,59)(H,54,60)/t26-,27-,28+,29-,38-,41-,42-/m0/s1. The average molecular weight is 895 g/mol. The Morgan fingerprint density at radius 1 is 0.923 bits per heavy atom. The molecule has 4 N–H and O–H groups in total. The van der Waals surface area contributed by atoms with E-state index < -0.39 is 30.4 Å². The molecule has 7 atom stereocenters. The number of likely N-dealkylation sites (tertiary alicyclic amines) is 1. The Morgan fingerprint density at radius 3 is 2.37 bits per heavy atom. The van der Waals surface area contributed by atoms with Crippen LogP contribution in [0.5, 0.6) is 5.75 Å². The zero-order chi connectivity index (χ0) is 46.5. The molecule has 1 fully saturated rings. The van der Waals surface area contributed by atoms with Crippen molar-refractivity contribution >= 4 is 45.8 Å². The number of H-pyrrole nitrogens is 2. The Labute approximate surface area is 379 Å². The first-order valence-corrected chi connectivity index (χ1v) is 22.4. The van der Waals surface area contributed by atoms with Crippen LogP contribution in [0.2, 0.25) is 0 Å². The lowest BCUT2D eigenvalue weighted by Gasteiger charge is -2.33. The summed E-state index contributed by atoms with van der Waals surface area (Å²) in [5.41, 5.74) is 6.39. The van der Waals surface area contributed by atoms with Crippen molar-refractivity contribution in [3.63, 3.8) is 0 Å². The first kappa shape index (κ1) is 46.8. The zero-order valence-corrected chi connectivity index (χ0v) is 38.8. The number of hydrogen-bond acceptors (Lipinski definition) is 11. The van der Waals surface area contributed by atoms with Gasteiger partial charge in [0.25, 0.3) is 0 Å². The summed E-state index contributed by atoms with van der Waals surface area (Å²) >= 11 is 0. The van der Waals surface area contributed by atoms with E-state index in [1.54, 1.807) is 30.0 Å². The van der Waals surface area contributed by atoms with Crippen LogP contribution in [0.3, 0.4) is 0 Å². The maximum atomic E-state index is 14.3. The van der Waals surface area contributed by atoms with Crippen LogP contribution in [0.4, 0.5) is 9.59 Å². The molecule has 0 unspecified atom stereocenters. The second kappa shape index (κ2) is 20.3. The van der Waals surface area contributed by atoms with E-state index in [-0.39, 0.29) is 42.3 Å². The quantitative estimate of drug-likeness (QED) is 0.0733. The second-order valence-electron chi connectivity index (χ2n) is 17.2. The molecule has 348 valence electrons. The van der Waals surface area contributed by atoms with Gasteiger partial charge in [0.1, 0.15) is 36.1 Å². The van der Waals surface area contributed by atoms with Crippen LogP contribution < -0.4 is 15.4 Å². The number of rotatable bonds is 17. The molecule has 65 heavy (non-hydrogen) atoms. The summed E-state index contributed by atoms with van der Waals surface area (Å²) in [6.07, 6.45) is 2.83. The van der Waals surface area contributed by atoms with Crippen molar-refractivity contribution in [2.45, 2.75) is 104 Å². The first-order valence-electron chi connectivity index (χ1n) is 22.4. The minimum absolute atomic E-state index is 0.0768. The van der Waals surface area contributed by atoms with E-state index in [4.69, 9.17) is 33.7 Å². The molecule has 5 aromatic rings. The predicted octanol–water partition coefficient (Wildman–Crippen LogP) is 7.25. The number of aromatic nitrogens is 4. The molecule has 0 aliphatic carbocycles. The largest absolute Gasteiger partial charge is 0.488 e. The van der Waals surface area contributed by atoms with E-state index in [0.717, 1.165) is 68.3 Å². The van der Waals surface area contributed by atoms with Crippen molar-refractivity contribution < 1.29 is 42.9 Å². The predicted molar refractivity (Wildman–Crippen MR) is 245 cm³/mol. The molecule has 17 heteroatoms. The molecule has 7 rings (SSSR count). The minimum atomic E-state index is -0.932. The number of aromatic amines is 2. The van der Waals surface area contributed by atoms with Gasteiger partial charge in [-0.3, -0.25) is 9.59 Å². The lowest BCUT2D eigenvalue weighted by atomic mass is 9.92. The summed E-state index contributed by atoms with van der Waals surface area (Å²) in [5, 5.41) is 7.37. The van der Waals surface area contributed by atoms with Crippen LogP contribution in [0.25, 0.3) is 44.2 Å². The van der Waals surface area contributed by atoms with E-state index in [0.29, 0.717) is 44.2 Å². The topological polar surface area (TPSA) is 202 Å². The number of alkyl carbamates (subject to hydrolysis) is 2. The van der Waals surface area contributed by atoms with Crippen molar-refractivity contribution in [3.05, 3.63) is 65.9 Å². The van der Waals surface area contributed by atoms with Crippen LogP contribution in [0, 0.1) is 11.8 Å². The van der Waals surface area contributed by atoms with Crippen LogP contribution in [-0.2, 0) is 41.7 Å². The van der Waals surface area contributed by atoms with Crippen LogP contribution in [0.15, 0.2) is 48.7 Å². The molecule has 4 heterocycles. The smallest absolute Gasteiger partial charge is 0.407 e. The summed E-state index contributed by atoms with van der Waals surface area (Å²) in [5.74, 6) is 1.52. The molecule has 1 saturated heterocycles. The molecule has 2 aromatic heterocycles. The van der Waals surface area contributed by atoms with E-state index in [2.05, 4.69) is 57.9 Å². The summed E-state index contributed by atoms with van der Waals surface area (Å²) in [7, 11) is 5.71. The molecular weight excluding hydrogens is 833 g/mol. The third-order valence-electron chi connectivity index (χ3n) is 13.2. The highest BCUT2D eigenvalue weighted by atomic mass is 16.5. The number of imidazole rings is 2. The highest BCUT2D eigenvalue weighted by molar-refractivity contribution is 6.07. The summed E-state index contributed by atoms with van der Waals surface area (Å²) < 4.78 is 27.1. The summed E-state index contributed by atoms with van der Waals surface area (Å²) in [6, 6.07) is 12.4. The van der Waals surface area contributed by atoms with Crippen molar-refractivity contribution in [1.29, 1.82) is 0 Å². The Hall–Kier alpha value is -6.20. The Morgan fingerprint density at radius 2 is 1.68 bits per heavy atom. The monoisotopic (exact) mass is 894 g/mol. The molecule has 0 bridgehead atoms. The van der Waals surface area contributed by atoms with Gasteiger partial charge < -0.3 is 54.1 Å². The van der Waals surface area contributed by atoms with E-state index in [1.165, 1.54) is 21.3 Å². The number of carbonyl (C=O) groups excluding carboxylic acids is 4. The third-order valence-corrected chi connectivity index (χ3v) is 13.2. The number of nitrogens with zero attached hydrogens (tertiary/aromatic N) is 4. The molecule has 2 aliphatic heterocycles. The van der Waals surface area contributed by atoms with Gasteiger partial charge in [-0.05, 0) is 91.3 Å². The highest BCUT2D eigenvalue weighted by Crippen LogP contribution is 2.43. The number of carbonyl (C=O) groups is 4. The molecule has 0 saturated carbocycles. The highest BCUT2D eigenvalue weighted by Gasteiger charge is 2.42. The van der Waals surface area contributed by atoms with E-state index in [9.17, 15) is 19.2 Å². The molecule has 4 amide bonds. The van der Waals surface area contributed by atoms with Crippen LogP contribution in [0.1, 0.15) is 83.6 Å². The number of ether oxygens (including phenoxy) is 5. The number of fused-ring (bicyclic) bond motifs is 6. The van der Waals surface area contributed by atoms with Crippen molar-refractivity contribution in [3.8, 4) is 28.1 Å². The molecule has 0 spiro atoms. The number of amides is 4. The Balaban J connectivity index is 1.14. The summed E-state index contributed by atoms with van der Waals surface area (Å²) in [6.45, 7) is 11.2. The summed E-state index contributed by atoms with van der Waals surface area (Å²) in [4.78, 5) is 73.0. The average Bonchev–Trinajstić information content (AvgIpc) is 4.08. The molecule has 2 aliphatic rings. The zero-order valence-electron chi connectivity index (χ0n) is 38.8. The van der Waals surface area contributed by atoms with E-state index in [1.807, 2.05) is 32.9 Å². The maximum Gasteiger partial charge on any atom is 0.407 e. The lowest BCUT2D eigenvalue weighted by molar-refractivity contribution is -0.139. The van der Waals surface area contributed by atoms with Crippen molar-refractivity contribution in [2.75, 3.05) is 41.6 Å². The molecular formula is C48H62N8O9. The van der Waals surface area contributed by atoms with Gasteiger partial charge >= 0.3 is 12.2 Å². The van der Waals surface area contributed by atoms with Gasteiger partial charge in [0, 0.05) is 37.8 Å². The first-order chi connectivity index (χ1) is 31.3. The molecule has 3 aromatic carbocycles. The lowest BCUT2D eigenvalue weighted by Crippen LogP contribution is -2.55. The van der Waals surface area contributed by atoms with Gasteiger partial charge in [-0.25, -0.2) is 19.6 Å². The minimum Gasteiger partial charge on any atom is -0.488 e. The van der Waals surface area contributed by atoms with Crippen molar-refractivity contribution in [1.82, 2.24) is 40.4 Å². The van der Waals surface area contributed by atoms with E-state index >= 15 is 0 Å². The van der Waals surface area contributed by atoms with Crippen LogP contribution >= 0.6 is 0 Å². The number of hydrogen-bond donors (Lipinski definition) is 4. The van der Waals surface area contributed by atoms with Gasteiger partial charge in [-0.15, -0.1) is 0 Å². The number of methoxy groups -OCH3 is 4. The fourth-order valence-corrected chi connectivity index (χ4v) is 9.05.